The first-order chi connectivity index (χ1) is 9.79. The number of aromatic hydroxyl groups is 2. The van der Waals surface area contributed by atoms with Crippen molar-refractivity contribution in [3.05, 3.63) is 23.8 Å². The lowest BCUT2D eigenvalue weighted by Gasteiger charge is -2.18. The van der Waals surface area contributed by atoms with Crippen LogP contribution >= 0.6 is 0 Å². The van der Waals surface area contributed by atoms with Crippen molar-refractivity contribution in [1.82, 2.24) is 5.32 Å². The maximum absolute atomic E-state index is 12.0. The number of benzene rings is 1. The highest BCUT2D eigenvalue weighted by molar-refractivity contribution is 5.97. The number of amides is 1. The Morgan fingerprint density at radius 2 is 1.90 bits per heavy atom. The molecule has 0 heterocycles. The molecule has 21 heavy (non-hydrogen) atoms. The third-order valence-electron chi connectivity index (χ3n) is 3.04. The van der Waals surface area contributed by atoms with E-state index in [1.165, 1.54) is 18.2 Å². The van der Waals surface area contributed by atoms with E-state index >= 15 is 0 Å². The van der Waals surface area contributed by atoms with Crippen LogP contribution in [0.25, 0.3) is 0 Å². The Balaban J connectivity index is 2.68. The number of phenolic OH excluding ortho intramolecular Hbond substituents is 2. The third-order valence-corrected chi connectivity index (χ3v) is 3.04. The van der Waals surface area contributed by atoms with Gasteiger partial charge in [-0.05, 0) is 36.5 Å². The molecule has 0 saturated carbocycles. The van der Waals surface area contributed by atoms with Crippen LogP contribution in [0.5, 0.6) is 11.5 Å². The zero-order valence-corrected chi connectivity index (χ0v) is 12.2. The molecule has 1 rings (SSSR count). The van der Waals surface area contributed by atoms with Crippen molar-refractivity contribution in [2.75, 3.05) is 6.54 Å². The van der Waals surface area contributed by atoms with E-state index in [2.05, 4.69) is 5.32 Å². The summed E-state index contributed by atoms with van der Waals surface area (Å²) in [5.74, 6) is -1.66. The van der Waals surface area contributed by atoms with Crippen LogP contribution in [0.2, 0.25) is 0 Å². The van der Waals surface area contributed by atoms with E-state index in [0.717, 1.165) is 0 Å². The maximum Gasteiger partial charge on any atom is 0.303 e. The Labute approximate surface area is 123 Å². The Morgan fingerprint density at radius 3 is 2.48 bits per heavy atom. The lowest BCUT2D eigenvalue weighted by Crippen LogP contribution is -2.31. The molecule has 6 nitrogen and oxygen atoms in total. The van der Waals surface area contributed by atoms with Gasteiger partial charge in [-0.3, -0.25) is 9.59 Å². The van der Waals surface area contributed by atoms with E-state index in [1.807, 2.05) is 13.8 Å². The molecule has 0 aliphatic carbocycles. The Hall–Kier alpha value is -2.24. The normalized spacial score (nSPS) is 12.1. The van der Waals surface area contributed by atoms with Gasteiger partial charge < -0.3 is 20.6 Å². The molecule has 116 valence electrons. The molecule has 0 saturated heterocycles. The first-order valence-corrected chi connectivity index (χ1v) is 6.81. The number of nitrogens with one attached hydrogen (secondary N) is 1. The fraction of sp³-hybridized carbons (Fsp3) is 0.467. The zero-order chi connectivity index (χ0) is 16.0. The van der Waals surface area contributed by atoms with Crippen molar-refractivity contribution in [2.24, 2.45) is 11.8 Å². The molecule has 0 aliphatic heterocycles. The summed E-state index contributed by atoms with van der Waals surface area (Å²) in [6.45, 7) is 4.17. The molecule has 1 unspecified atom stereocenters. The van der Waals surface area contributed by atoms with Crippen LogP contribution in [0.3, 0.4) is 0 Å². The summed E-state index contributed by atoms with van der Waals surface area (Å²) in [5, 5.41) is 30.4. The predicted octanol–water partition coefficient (Wildman–Crippen LogP) is 1.96. The monoisotopic (exact) mass is 295 g/mol. The van der Waals surface area contributed by atoms with Crippen LogP contribution in [0, 0.1) is 11.8 Å². The van der Waals surface area contributed by atoms with E-state index in [9.17, 15) is 19.8 Å². The molecule has 6 heteroatoms. The van der Waals surface area contributed by atoms with Crippen molar-refractivity contribution < 1.29 is 24.9 Å². The van der Waals surface area contributed by atoms with Crippen molar-refractivity contribution in [2.45, 2.75) is 26.7 Å². The summed E-state index contributed by atoms with van der Waals surface area (Å²) in [6, 6.07) is 3.67. The van der Waals surface area contributed by atoms with E-state index in [4.69, 9.17) is 5.11 Å². The predicted molar refractivity (Wildman–Crippen MR) is 77.3 cm³/mol. The standard InChI is InChI=1S/C15H21NO5/c1-9(2)5-10(6-14(19)20)8-16-15(21)12-7-11(17)3-4-13(12)18/h3-4,7,9-10,17-18H,5-6,8H2,1-2H3,(H,16,21)(H,19,20). The van der Waals surface area contributed by atoms with Gasteiger partial charge in [0.2, 0.25) is 0 Å². The van der Waals surface area contributed by atoms with Gasteiger partial charge in [-0.1, -0.05) is 13.8 Å². The van der Waals surface area contributed by atoms with Gasteiger partial charge >= 0.3 is 5.97 Å². The van der Waals surface area contributed by atoms with E-state index in [0.29, 0.717) is 12.3 Å². The summed E-state index contributed by atoms with van der Waals surface area (Å²) < 4.78 is 0. The minimum Gasteiger partial charge on any atom is -0.508 e. The van der Waals surface area contributed by atoms with Crippen LogP contribution in [0.1, 0.15) is 37.0 Å². The maximum atomic E-state index is 12.0. The lowest BCUT2D eigenvalue weighted by atomic mass is 9.94. The number of rotatable bonds is 7. The van der Waals surface area contributed by atoms with Crippen molar-refractivity contribution in [1.29, 1.82) is 0 Å². The fourth-order valence-electron chi connectivity index (χ4n) is 2.19. The Kier molecular flexibility index (Phi) is 6.02. The molecule has 0 aromatic heterocycles. The van der Waals surface area contributed by atoms with Gasteiger partial charge in [-0.25, -0.2) is 0 Å². The summed E-state index contributed by atoms with van der Waals surface area (Å²) >= 11 is 0. The molecular formula is C15H21NO5. The van der Waals surface area contributed by atoms with Crippen LogP contribution in [0.4, 0.5) is 0 Å². The number of hydrogen-bond donors (Lipinski definition) is 4. The van der Waals surface area contributed by atoms with Crippen LogP contribution in [-0.2, 0) is 4.79 Å². The third kappa shape index (κ3) is 5.72. The van der Waals surface area contributed by atoms with Gasteiger partial charge in [0.05, 0.1) is 5.56 Å². The highest BCUT2D eigenvalue weighted by Crippen LogP contribution is 2.22. The summed E-state index contributed by atoms with van der Waals surface area (Å²) in [4.78, 5) is 22.8. The van der Waals surface area contributed by atoms with Gasteiger partial charge in [0.15, 0.2) is 0 Å². The number of hydrogen-bond acceptors (Lipinski definition) is 4. The molecule has 1 atom stereocenters. The van der Waals surface area contributed by atoms with Crippen LogP contribution < -0.4 is 5.32 Å². The SMILES string of the molecule is CC(C)CC(CNC(=O)c1cc(O)ccc1O)CC(=O)O. The second-order valence-electron chi connectivity index (χ2n) is 5.50. The highest BCUT2D eigenvalue weighted by Gasteiger charge is 2.18. The molecule has 1 aromatic rings. The second-order valence-corrected chi connectivity index (χ2v) is 5.50. The number of carboxylic acids is 1. The van der Waals surface area contributed by atoms with E-state index in [-0.39, 0.29) is 35.9 Å². The minimum atomic E-state index is -0.907. The zero-order valence-electron chi connectivity index (χ0n) is 12.2. The molecule has 0 fully saturated rings. The van der Waals surface area contributed by atoms with Crippen molar-refractivity contribution in [3.63, 3.8) is 0 Å². The number of carboxylic acid groups (broad SMARTS) is 1. The highest BCUT2D eigenvalue weighted by atomic mass is 16.4. The van der Waals surface area contributed by atoms with Gasteiger partial charge in [0, 0.05) is 13.0 Å². The largest absolute Gasteiger partial charge is 0.508 e. The topological polar surface area (TPSA) is 107 Å². The van der Waals surface area contributed by atoms with Crippen molar-refractivity contribution in [3.8, 4) is 11.5 Å². The number of carbonyl (C=O) groups excluding carboxylic acids is 1. The van der Waals surface area contributed by atoms with Crippen molar-refractivity contribution >= 4 is 11.9 Å². The second kappa shape index (κ2) is 7.52. The molecule has 0 aliphatic rings. The quantitative estimate of drug-likeness (QED) is 0.575. The number of phenols is 2. The van der Waals surface area contributed by atoms with E-state index in [1.54, 1.807) is 0 Å². The van der Waals surface area contributed by atoms with Gasteiger partial charge in [-0.2, -0.15) is 0 Å². The first-order valence-electron chi connectivity index (χ1n) is 6.81. The minimum absolute atomic E-state index is 0.0233. The smallest absolute Gasteiger partial charge is 0.303 e. The fourth-order valence-corrected chi connectivity index (χ4v) is 2.19. The Morgan fingerprint density at radius 1 is 1.24 bits per heavy atom. The number of aliphatic carboxylic acids is 1. The molecule has 0 radical (unpaired) electrons. The van der Waals surface area contributed by atoms with Crippen LogP contribution in [0.15, 0.2) is 18.2 Å². The Bertz CT molecular complexity index is 513. The summed E-state index contributed by atoms with van der Waals surface area (Å²) in [5.41, 5.74) is -0.0337. The molecule has 1 aromatic carbocycles. The first kappa shape index (κ1) is 16.8. The summed E-state index contributed by atoms with van der Waals surface area (Å²) in [6.07, 6.45) is 0.656. The van der Waals surface area contributed by atoms with E-state index < -0.39 is 11.9 Å². The van der Waals surface area contributed by atoms with Gasteiger partial charge in [0.25, 0.3) is 5.91 Å². The molecule has 0 spiro atoms. The average molecular weight is 295 g/mol. The molecule has 0 bridgehead atoms. The summed E-state index contributed by atoms with van der Waals surface area (Å²) in [7, 11) is 0. The number of carbonyl (C=O) groups is 2. The van der Waals surface area contributed by atoms with Gasteiger partial charge in [0.1, 0.15) is 11.5 Å². The molecule has 4 N–H and O–H groups in total. The molecule has 1 amide bonds. The van der Waals surface area contributed by atoms with Crippen LogP contribution in [-0.4, -0.2) is 33.7 Å². The lowest BCUT2D eigenvalue weighted by molar-refractivity contribution is -0.138. The van der Waals surface area contributed by atoms with Gasteiger partial charge in [-0.15, -0.1) is 0 Å². The average Bonchev–Trinajstić information content (AvgIpc) is 2.37. The molecular weight excluding hydrogens is 274 g/mol.